The first-order chi connectivity index (χ1) is 5.61. The van der Waals surface area contributed by atoms with E-state index in [2.05, 4.69) is 6.92 Å². The van der Waals surface area contributed by atoms with Crippen molar-refractivity contribution in [1.82, 2.24) is 0 Å². The van der Waals surface area contributed by atoms with Crippen molar-refractivity contribution in [2.24, 2.45) is 5.92 Å². The molecule has 1 fully saturated rings. The molecule has 1 heterocycles. The summed E-state index contributed by atoms with van der Waals surface area (Å²) in [5.74, 6) is 0.114. The van der Waals surface area contributed by atoms with Crippen LogP contribution < -0.4 is 0 Å². The minimum absolute atomic E-state index is 0.0475. The SMILES string of the molecule is CC(=O)O[C@@H]1CCOC(C)C1C. The molecule has 70 valence electrons. The molecule has 3 nitrogen and oxygen atoms in total. The van der Waals surface area contributed by atoms with Gasteiger partial charge in [0.2, 0.25) is 0 Å². The summed E-state index contributed by atoms with van der Waals surface area (Å²) >= 11 is 0. The van der Waals surface area contributed by atoms with Crippen molar-refractivity contribution in [2.75, 3.05) is 6.61 Å². The summed E-state index contributed by atoms with van der Waals surface area (Å²) in [5, 5.41) is 0. The predicted molar refractivity (Wildman–Crippen MR) is 44.7 cm³/mol. The average Bonchev–Trinajstić information content (AvgIpc) is 1.98. The fourth-order valence-electron chi connectivity index (χ4n) is 1.47. The Hall–Kier alpha value is -0.570. The molecule has 0 radical (unpaired) electrons. The molecule has 2 unspecified atom stereocenters. The molecule has 1 aliphatic heterocycles. The summed E-state index contributed by atoms with van der Waals surface area (Å²) in [7, 11) is 0. The number of rotatable bonds is 1. The summed E-state index contributed by atoms with van der Waals surface area (Å²) in [6, 6.07) is 0. The molecule has 3 heteroatoms. The Morgan fingerprint density at radius 3 is 2.75 bits per heavy atom. The molecule has 12 heavy (non-hydrogen) atoms. The standard InChI is InChI=1S/C9H16O3/c1-6-7(2)11-5-4-9(6)12-8(3)10/h6-7,9H,4-5H2,1-3H3/t6?,7?,9-/m1/s1. The van der Waals surface area contributed by atoms with Crippen molar-refractivity contribution < 1.29 is 14.3 Å². The van der Waals surface area contributed by atoms with E-state index in [4.69, 9.17) is 9.47 Å². The van der Waals surface area contributed by atoms with Gasteiger partial charge in [-0.1, -0.05) is 6.92 Å². The van der Waals surface area contributed by atoms with Crippen LogP contribution in [0.25, 0.3) is 0 Å². The quantitative estimate of drug-likeness (QED) is 0.560. The average molecular weight is 172 g/mol. The second kappa shape index (κ2) is 3.90. The number of esters is 1. The van der Waals surface area contributed by atoms with Crippen molar-refractivity contribution in [3.05, 3.63) is 0 Å². The van der Waals surface area contributed by atoms with Crippen molar-refractivity contribution in [3.8, 4) is 0 Å². The van der Waals surface area contributed by atoms with Crippen LogP contribution in [0.15, 0.2) is 0 Å². The van der Waals surface area contributed by atoms with Gasteiger partial charge in [0.25, 0.3) is 0 Å². The Bertz CT molecular complexity index is 167. The number of hydrogen-bond acceptors (Lipinski definition) is 3. The van der Waals surface area contributed by atoms with Gasteiger partial charge in [-0.3, -0.25) is 4.79 Å². The lowest BCUT2D eigenvalue weighted by Gasteiger charge is -2.33. The lowest BCUT2D eigenvalue weighted by molar-refractivity contribution is -0.159. The normalized spacial score (nSPS) is 36.1. The topological polar surface area (TPSA) is 35.5 Å². The molecule has 0 aromatic heterocycles. The van der Waals surface area contributed by atoms with Gasteiger partial charge in [0.15, 0.2) is 0 Å². The molecule has 0 aliphatic carbocycles. The lowest BCUT2D eigenvalue weighted by atomic mass is 9.94. The highest BCUT2D eigenvalue weighted by molar-refractivity contribution is 5.66. The van der Waals surface area contributed by atoms with Crippen LogP contribution in [0, 0.1) is 5.92 Å². The van der Waals surface area contributed by atoms with Crippen LogP contribution in [0.5, 0.6) is 0 Å². The van der Waals surface area contributed by atoms with E-state index in [0.29, 0.717) is 12.5 Å². The molecule has 0 aromatic rings. The molecule has 1 rings (SSSR count). The van der Waals surface area contributed by atoms with Crippen molar-refractivity contribution in [2.45, 2.75) is 39.4 Å². The summed E-state index contributed by atoms with van der Waals surface area (Å²) < 4.78 is 10.6. The second-order valence-corrected chi connectivity index (χ2v) is 3.37. The van der Waals surface area contributed by atoms with Crippen LogP contribution in [-0.4, -0.2) is 24.8 Å². The number of hydrogen-bond donors (Lipinski definition) is 0. The monoisotopic (exact) mass is 172 g/mol. The molecule has 0 spiro atoms. The van der Waals surface area contributed by atoms with Crippen LogP contribution in [0.4, 0.5) is 0 Å². The third-order valence-electron chi connectivity index (χ3n) is 2.43. The zero-order valence-corrected chi connectivity index (χ0v) is 7.87. The molecule has 3 atom stereocenters. The summed E-state index contributed by atoms with van der Waals surface area (Å²) in [5.41, 5.74) is 0. The van der Waals surface area contributed by atoms with Gasteiger partial charge in [0, 0.05) is 19.3 Å². The fourth-order valence-corrected chi connectivity index (χ4v) is 1.47. The van der Waals surface area contributed by atoms with E-state index in [0.717, 1.165) is 6.42 Å². The van der Waals surface area contributed by atoms with Gasteiger partial charge in [0.05, 0.1) is 12.7 Å². The van der Waals surface area contributed by atoms with E-state index in [1.807, 2.05) is 6.92 Å². The van der Waals surface area contributed by atoms with Crippen molar-refractivity contribution in [3.63, 3.8) is 0 Å². The largest absolute Gasteiger partial charge is 0.462 e. The Morgan fingerprint density at radius 2 is 2.17 bits per heavy atom. The maximum absolute atomic E-state index is 10.7. The minimum Gasteiger partial charge on any atom is -0.462 e. The Labute approximate surface area is 73.0 Å². The molecule has 1 saturated heterocycles. The van der Waals surface area contributed by atoms with Gasteiger partial charge in [0.1, 0.15) is 6.10 Å². The van der Waals surface area contributed by atoms with Crippen LogP contribution in [0.1, 0.15) is 27.2 Å². The minimum atomic E-state index is -0.194. The van der Waals surface area contributed by atoms with Gasteiger partial charge in [-0.15, -0.1) is 0 Å². The zero-order chi connectivity index (χ0) is 9.14. The number of ether oxygens (including phenoxy) is 2. The Morgan fingerprint density at radius 1 is 1.50 bits per heavy atom. The first-order valence-electron chi connectivity index (χ1n) is 4.40. The summed E-state index contributed by atoms with van der Waals surface area (Å²) in [6.45, 7) is 6.22. The third-order valence-corrected chi connectivity index (χ3v) is 2.43. The van der Waals surface area contributed by atoms with Crippen LogP contribution in [0.2, 0.25) is 0 Å². The fraction of sp³-hybridized carbons (Fsp3) is 0.889. The summed E-state index contributed by atoms with van der Waals surface area (Å²) in [4.78, 5) is 10.7. The molecule has 0 N–H and O–H groups in total. The molecule has 0 bridgehead atoms. The van der Waals surface area contributed by atoms with E-state index in [9.17, 15) is 4.79 Å². The first kappa shape index (κ1) is 9.52. The highest BCUT2D eigenvalue weighted by Crippen LogP contribution is 2.23. The van der Waals surface area contributed by atoms with E-state index < -0.39 is 0 Å². The third kappa shape index (κ3) is 2.21. The highest BCUT2D eigenvalue weighted by Gasteiger charge is 2.29. The lowest BCUT2D eigenvalue weighted by Crippen LogP contribution is -2.38. The maximum atomic E-state index is 10.7. The Kier molecular flexibility index (Phi) is 3.09. The van der Waals surface area contributed by atoms with Crippen LogP contribution in [-0.2, 0) is 14.3 Å². The first-order valence-corrected chi connectivity index (χ1v) is 4.40. The number of carbonyl (C=O) groups excluding carboxylic acids is 1. The highest BCUT2D eigenvalue weighted by atomic mass is 16.6. The Balaban J connectivity index is 2.46. The smallest absolute Gasteiger partial charge is 0.302 e. The van der Waals surface area contributed by atoms with Crippen molar-refractivity contribution >= 4 is 5.97 Å². The van der Waals surface area contributed by atoms with E-state index >= 15 is 0 Å². The molecule has 0 aromatic carbocycles. The predicted octanol–water partition coefficient (Wildman–Crippen LogP) is 1.36. The molecule has 0 saturated carbocycles. The maximum Gasteiger partial charge on any atom is 0.302 e. The van der Waals surface area contributed by atoms with E-state index in [1.54, 1.807) is 0 Å². The molecular weight excluding hydrogens is 156 g/mol. The zero-order valence-electron chi connectivity index (χ0n) is 7.87. The van der Waals surface area contributed by atoms with Gasteiger partial charge in [-0.05, 0) is 6.92 Å². The van der Waals surface area contributed by atoms with Gasteiger partial charge < -0.3 is 9.47 Å². The van der Waals surface area contributed by atoms with Crippen LogP contribution in [0.3, 0.4) is 0 Å². The van der Waals surface area contributed by atoms with Crippen molar-refractivity contribution in [1.29, 1.82) is 0 Å². The van der Waals surface area contributed by atoms with Gasteiger partial charge in [-0.2, -0.15) is 0 Å². The van der Waals surface area contributed by atoms with Gasteiger partial charge >= 0.3 is 5.97 Å². The molecule has 1 aliphatic rings. The van der Waals surface area contributed by atoms with E-state index in [1.165, 1.54) is 6.92 Å². The van der Waals surface area contributed by atoms with E-state index in [-0.39, 0.29) is 18.2 Å². The summed E-state index contributed by atoms with van der Waals surface area (Å²) in [6.07, 6.45) is 1.07. The van der Waals surface area contributed by atoms with Gasteiger partial charge in [-0.25, -0.2) is 0 Å². The molecule has 0 amide bonds. The number of carbonyl (C=O) groups is 1. The molecular formula is C9H16O3. The second-order valence-electron chi connectivity index (χ2n) is 3.37. The van der Waals surface area contributed by atoms with Crippen LogP contribution >= 0.6 is 0 Å².